The molecule has 1 fully saturated rings. The van der Waals surface area contributed by atoms with Gasteiger partial charge in [-0.25, -0.2) is 23.8 Å². The normalized spacial score (nSPS) is 16.1. The highest BCUT2D eigenvalue weighted by Gasteiger charge is 2.38. The zero-order chi connectivity index (χ0) is 28.0. The number of rotatable bonds is 5. The van der Waals surface area contributed by atoms with Crippen LogP contribution in [0, 0.1) is 12.3 Å². The van der Waals surface area contributed by atoms with E-state index in [1.165, 1.54) is 12.7 Å². The maximum Gasteiger partial charge on any atom is 0.407 e. The van der Waals surface area contributed by atoms with E-state index in [9.17, 15) is 9.90 Å². The van der Waals surface area contributed by atoms with Crippen molar-refractivity contribution in [1.29, 1.82) is 0 Å². The number of anilines is 3. The molecule has 5 aromatic rings. The van der Waals surface area contributed by atoms with Crippen LogP contribution in [0.15, 0.2) is 61.4 Å². The Morgan fingerprint density at radius 3 is 2.58 bits per heavy atom. The number of carboxylic acid groups (broad SMARTS) is 1. The summed E-state index contributed by atoms with van der Waals surface area (Å²) in [5, 5.41) is 21.8. The maximum atomic E-state index is 11.9. The van der Waals surface area contributed by atoms with Gasteiger partial charge in [-0.1, -0.05) is 20.8 Å². The Morgan fingerprint density at radius 1 is 1.02 bits per heavy atom. The van der Waals surface area contributed by atoms with Gasteiger partial charge in [0, 0.05) is 43.8 Å². The van der Waals surface area contributed by atoms with Crippen LogP contribution in [0.2, 0.25) is 0 Å². The van der Waals surface area contributed by atoms with Crippen molar-refractivity contribution in [3.05, 3.63) is 67.0 Å². The average Bonchev–Trinajstić information content (AvgIpc) is 3.57. The number of amides is 1. The van der Waals surface area contributed by atoms with Crippen molar-refractivity contribution in [2.45, 2.75) is 33.7 Å². The van der Waals surface area contributed by atoms with Crippen molar-refractivity contribution in [3.63, 3.8) is 0 Å². The van der Waals surface area contributed by atoms with E-state index >= 15 is 0 Å². The second kappa shape index (κ2) is 9.70. The van der Waals surface area contributed by atoms with Crippen LogP contribution in [0.25, 0.3) is 11.2 Å². The topological polar surface area (TPSA) is 125 Å². The molecule has 1 aliphatic heterocycles. The first kappa shape index (κ1) is 25.4. The van der Waals surface area contributed by atoms with Crippen molar-refractivity contribution in [3.8, 4) is 11.5 Å². The Morgan fingerprint density at radius 2 is 1.80 bits per heavy atom. The molecule has 0 aliphatic carbocycles. The molecule has 1 saturated heterocycles. The van der Waals surface area contributed by atoms with Crippen molar-refractivity contribution in [2.75, 3.05) is 29.9 Å². The minimum Gasteiger partial charge on any atom is -0.465 e. The second-order valence-corrected chi connectivity index (χ2v) is 11.0. The molecule has 1 unspecified atom stereocenters. The van der Waals surface area contributed by atoms with Gasteiger partial charge in [0.05, 0.1) is 11.7 Å². The summed E-state index contributed by atoms with van der Waals surface area (Å²) >= 11 is 0. The molecule has 0 radical (unpaired) electrons. The largest absolute Gasteiger partial charge is 0.465 e. The highest BCUT2D eigenvalue weighted by atomic mass is 16.5. The molecule has 12 nitrogen and oxygen atoms in total. The van der Waals surface area contributed by atoms with Gasteiger partial charge in [0.1, 0.15) is 29.7 Å². The monoisotopic (exact) mass is 541 g/mol. The first-order valence-electron chi connectivity index (χ1n) is 13.1. The fourth-order valence-corrected chi connectivity index (χ4v) is 5.22. The van der Waals surface area contributed by atoms with E-state index in [1.807, 2.05) is 55.7 Å². The van der Waals surface area contributed by atoms with Crippen LogP contribution in [0.4, 0.5) is 22.0 Å². The van der Waals surface area contributed by atoms with Gasteiger partial charge in [0.2, 0.25) is 0 Å². The Kier molecular flexibility index (Phi) is 6.16. The van der Waals surface area contributed by atoms with E-state index in [1.54, 1.807) is 13.9 Å². The first-order chi connectivity index (χ1) is 19.2. The minimum absolute atomic E-state index is 0.157. The molecule has 40 heavy (non-hydrogen) atoms. The first-order valence-corrected chi connectivity index (χ1v) is 13.1. The van der Waals surface area contributed by atoms with Gasteiger partial charge in [-0.05, 0) is 48.2 Å². The lowest BCUT2D eigenvalue weighted by Crippen LogP contribution is -2.59. The quantitative estimate of drug-likeness (QED) is 0.322. The number of aryl methyl sites for hydroxylation is 1. The number of aromatic nitrogens is 6. The molecule has 1 atom stereocenters. The molecule has 0 saturated carbocycles. The number of nitrogens with one attached hydrogen (secondary N) is 1. The number of benzene rings is 1. The van der Waals surface area contributed by atoms with E-state index in [0.717, 1.165) is 28.2 Å². The fourth-order valence-electron chi connectivity index (χ4n) is 5.22. The third-order valence-corrected chi connectivity index (χ3v) is 7.32. The molecule has 1 aromatic carbocycles. The Hall–Kier alpha value is -4.87. The van der Waals surface area contributed by atoms with Crippen molar-refractivity contribution < 1.29 is 14.6 Å². The Bertz CT molecular complexity index is 1700. The summed E-state index contributed by atoms with van der Waals surface area (Å²) < 4.78 is 9.60. The van der Waals surface area contributed by atoms with Crippen LogP contribution in [0.1, 0.15) is 26.3 Å². The number of fused-ring (bicyclic) bond motifs is 2. The van der Waals surface area contributed by atoms with E-state index in [2.05, 4.69) is 51.2 Å². The Balaban J connectivity index is 1.26. The number of ether oxygens (including phenoxy) is 1. The van der Waals surface area contributed by atoms with Crippen LogP contribution in [-0.4, -0.2) is 71.0 Å². The summed E-state index contributed by atoms with van der Waals surface area (Å²) in [4.78, 5) is 24.5. The third kappa shape index (κ3) is 4.72. The molecule has 4 aromatic heterocycles. The number of nitrogens with zero attached hydrogens (tertiary/aromatic N) is 8. The van der Waals surface area contributed by atoms with E-state index in [4.69, 9.17) is 4.74 Å². The minimum atomic E-state index is -0.881. The highest BCUT2D eigenvalue weighted by molar-refractivity contribution is 5.86. The smallest absolute Gasteiger partial charge is 0.407 e. The molecule has 1 aliphatic rings. The summed E-state index contributed by atoms with van der Waals surface area (Å²) in [5.41, 5.74) is 4.09. The number of hydrogen-bond donors (Lipinski definition) is 2. The molecule has 6 rings (SSSR count). The molecule has 0 spiro atoms. The molecule has 2 N–H and O–H groups in total. The van der Waals surface area contributed by atoms with Crippen LogP contribution in [0.5, 0.6) is 11.5 Å². The second-order valence-electron chi connectivity index (χ2n) is 11.0. The number of hydrogen-bond acceptors (Lipinski definition) is 8. The summed E-state index contributed by atoms with van der Waals surface area (Å²) in [6.45, 7) is 9.81. The van der Waals surface area contributed by atoms with E-state index in [0.29, 0.717) is 36.8 Å². The van der Waals surface area contributed by atoms with Gasteiger partial charge >= 0.3 is 6.09 Å². The van der Waals surface area contributed by atoms with Gasteiger partial charge in [0.25, 0.3) is 0 Å². The van der Waals surface area contributed by atoms with Crippen LogP contribution >= 0.6 is 0 Å². The third-order valence-electron chi connectivity index (χ3n) is 7.32. The lowest BCUT2D eigenvalue weighted by molar-refractivity contribution is 0.0749. The number of carbonyl (C=O) groups is 1. The summed E-state index contributed by atoms with van der Waals surface area (Å²) in [6, 6.07) is 11.4. The highest BCUT2D eigenvalue weighted by Crippen LogP contribution is 2.35. The summed E-state index contributed by atoms with van der Waals surface area (Å²) in [5.74, 6) is 2.07. The van der Waals surface area contributed by atoms with Crippen molar-refractivity contribution in [1.82, 2.24) is 34.1 Å². The van der Waals surface area contributed by atoms with Crippen LogP contribution in [0.3, 0.4) is 0 Å². The predicted molar refractivity (Wildman–Crippen MR) is 151 cm³/mol. The lowest BCUT2D eigenvalue weighted by atomic mass is 9.84. The number of pyridine rings is 1. The van der Waals surface area contributed by atoms with Gasteiger partial charge in [-0.15, -0.1) is 0 Å². The van der Waals surface area contributed by atoms with Crippen LogP contribution < -0.4 is 15.0 Å². The summed E-state index contributed by atoms with van der Waals surface area (Å²) in [7, 11) is 0. The van der Waals surface area contributed by atoms with Gasteiger partial charge in [0.15, 0.2) is 11.5 Å². The molecule has 206 valence electrons. The van der Waals surface area contributed by atoms with Crippen molar-refractivity contribution in [2.24, 2.45) is 5.41 Å². The molecule has 5 heterocycles. The maximum absolute atomic E-state index is 11.9. The van der Waals surface area contributed by atoms with E-state index < -0.39 is 6.09 Å². The van der Waals surface area contributed by atoms with Gasteiger partial charge < -0.3 is 25.0 Å². The van der Waals surface area contributed by atoms with Gasteiger partial charge in [-0.3, -0.25) is 0 Å². The lowest BCUT2D eigenvalue weighted by Gasteiger charge is -2.46. The number of piperazine rings is 1. The predicted octanol–water partition coefficient (Wildman–Crippen LogP) is 4.83. The molecular weight excluding hydrogens is 510 g/mol. The van der Waals surface area contributed by atoms with E-state index in [-0.39, 0.29) is 11.5 Å². The standard InChI is InChI=1S/C28H31N9O3/c1-18-13-19(5-6-22(18)40-20-7-9-36-24(14-20)29-16-31-36)33-26-25-21(8-10-37(25)32-17-30-26)34-11-12-35(27(38)39)23(15-34)28(2,3)4/h5-10,13-14,16-17,23H,11-12,15H2,1-4H3,(H,38,39)(H,30,32,33). The zero-order valence-corrected chi connectivity index (χ0v) is 22.8. The van der Waals surface area contributed by atoms with Crippen molar-refractivity contribution >= 4 is 34.4 Å². The van der Waals surface area contributed by atoms with Crippen LogP contribution in [-0.2, 0) is 0 Å². The van der Waals surface area contributed by atoms with Gasteiger partial charge in [-0.2, -0.15) is 10.2 Å². The average molecular weight is 542 g/mol. The SMILES string of the molecule is Cc1cc(Nc2ncnn3ccc(N4CCN(C(=O)O)C(C(C)(C)C)C4)c23)ccc1Oc1ccn2ncnc2c1. The molecule has 0 bridgehead atoms. The molecule has 12 heteroatoms. The Labute approximate surface area is 230 Å². The summed E-state index contributed by atoms with van der Waals surface area (Å²) in [6.07, 6.45) is 5.86. The fraction of sp³-hybridized carbons (Fsp3) is 0.321. The zero-order valence-electron chi connectivity index (χ0n) is 22.8. The molecule has 1 amide bonds. The molecular formula is C28H31N9O3.